The maximum Gasteiger partial charge on any atom is 0.267 e. The summed E-state index contributed by atoms with van der Waals surface area (Å²) in [6.07, 6.45) is 2.94. The Morgan fingerprint density at radius 2 is 1.88 bits per heavy atom. The van der Waals surface area contributed by atoms with Gasteiger partial charge < -0.3 is 4.74 Å². The quantitative estimate of drug-likeness (QED) is 0.256. The molecule has 1 saturated carbocycles. The van der Waals surface area contributed by atoms with Gasteiger partial charge in [-0.05, 0) is 69.2 Å². The molecule has 4 aromatic rings. The highest BCUT2D eigenvalue weighted by molar-refractivity contribution is 7.89. The number of carbonyl (C=O) groups is 1. The Hall–Kier alpha value is -3.46. The molecule has 49 heavy (non-hydrogen) atoms. The number of hydrogen-bond acceptors (Lipinski definition) is 9. The standard InChI is InChI=1S/C34H36ClF2N5O5S2/c1-18-10-25(31-30(38-18)27(17-48-31)32(43)40-49(3,45)46)24-11-22(35)4-7-29(24)47-9-8-42-19(2)39-28-6-5-23(12-26(28)33(42)44)41-15-20-13-34(36,37)14-21(20)16-41/h4,7,10-11,17,20-21,23H,5-6,8-9,12-16H2,1-3H3,(H,40,43)/t20-,21+,23-/m0/s1. The van der Waals surface area contributed by atoms with Crippen molar-refractivity contribution >= 4 is 49.1 Å². The first kappa shape index (κ1) is 34.0. The van der Waals surface area contributed by atoms with Gasteiger partial charge in [0.05, 0.1) is 34.3 Å². The number of alkyl halides is 2. The average molecular weight is 732 g/mol. The lowest BCUT2D eigenvalue weighted by molar-refractivity contribution is -0.00434. The molecule has 15 heteroatoms. The summed E-state index contributed by atoms with van der Waals surface area (Å²) in [5.74, 6) is -2.17. The molecule has 0 bridgehead atoms. The van der Waals surface area contributed by atoms with Crippen LogP contribution in [0.2, 0.25) is 5.02 Å². The van der Waals surface area contributed by atoms with Gasteiger partial charge in [0.25, 0.3) is 11.5 Å². The second kappa shape index (κ2) is 12.7. The van der Waals surface area contributed by atoms with E-state index in [1.165, 1.54) is 11.3 Å². The molecule has 3 aliphatic rings. The molecule has 0 radical (unpaired) electrons. The fraction of sp³-hybridized carbons (Fsp3) is 0.471. The summed E-state index contributed by atoms with van der Waals surface area (Å²) < 4.78 is 61.9. The second-order valence-corrected chi connectivity index (χ2v) is 16.6. The van der Waals surface area contributed by atoms with E-state index in [2.05, 4.69) is 9.88 Å². The first-order valence-electron chi connectivity index (χ1n) is 16.2. The van der Waals surface area contributed by atoms with Crippen LogP contribution < -0.4 is 15.0 Å². The molecule has 2 aliphatic carbocycles. The highest BCUT2D eigenvalue weighted by Crippen LogP contribution is 2.48. The van der Waals surface area contributed by atoms with Gasteiger partial charge in [-0.3, -0.25) is 24.0 Å². The van der Waals surface area contributed by atoms with Crippen molar-refractivity contribution in [3.8, 4) is 16.9 Å². The number of nitrogens with one attached hydrogen (secondary N) is 1. The van der Waals surface area contributed by atoms with Gasteiger partial charge in [-0.15, -0.1) is 11.3 Å². The molecular weight excluding hydrogens is 696 g/mol. The van der Waals surface area contributed by atoms with Crippen LogP contribution in [0.15, 0.2) is 34.4 Å². The largest absolute Gasteiger partial charge is 0.491 e. The van der Waals surface area contributed by atoms with E-state index in [1.807, 2.05) is 17.7 Å². The normalized spacial score (nSPS) is 21.9. The zero-order chi connectivity index (χ0) is 34.8. The number of amides is 1. The van der Waals surface area contributed by atoms with Gasteiger partial charge in [-0.1, -0.05) is 11.6 Å². The SMILES string of the molecule is Cc1cc(-c2cc(Cl)ccc2OCCn2c(C)nc3c(c2=O)C[C@@H](N2C[C@@H]4CC(F)(F)C[C@@H]4C2)CC3)c2scc(C(=O)NS(C)(=O)=O)c2n1. The number of likely N-dealkylation sites (tertiary alicyclic amines) is 1. The molecule has 0 unspecified atom stereocenters. The van der Waals surface area contributed by atoms with E-state index in [1.54, 1.807) is 35.1 Å². The Kier molecular flexibility index (Phi) is 8.81. The van der Waals surface area contributed by atoms with Gasteiger partial charge in [0, 0.05) is 64.8 Å². The molecule has 0 spiro atoms. The van der Waals surface area contributed by atoms with Gasteiger partial charge in [0.15, 0.2) is 0 Å². The number of rotatable bonds is 8. The number of sulfonamides is 1. The van der Waals surface area contributed by atoms with Crippen LogP contribution >= 0.6 is 22.9 Å². The fourth-order valence-electron chi connectivity index (χ4n) is 7.78. The Bertz CT molecular complexity index is 2140. The monoisotopic (exact) mass is 731 g/mol. The molecule has 3 aromatic heterocycles. The molecular formula is C34H36ClF2N5O5S2. The Morgan fingerprint density at radius 3 is 2.59 bits per heavy atom. The minimum atomic E-state index is -3.77. The molecule has 2 fully saturated rings. The molecule has 1 N–H and O–H groups in total. The number of benzene rings is 1. The van der Waals surface area contributed by atoms with Crippen LogP contribution in [0.4, 0.5) is 8.78 Å². The van der Waals surface area contributed by atoms with E-state index < -0.39 is 21.9 Å². The molecule has 1 amide bonds. The van der Waals surface area contributed by atoms with Crippen LogP contribution in [0.5, 0.6) is 5.75 Å². The molecule has 3 atom stereocenters. The number of hydrogen-bond donors (Lipinski definition) is 1. The number of aryl methyl sites for hydroxylation is 3. The van der Waals surface area contributed by atoms with Crippen LogP contribution in [0, 0.1) is 25.7 Å². The number of carbonyl (C=O) groups excluding carboxylic acids is 1. The van der Waals surface area contributed by atoms with Crippen molar-refractivity contribution in [2.45, 2.75) is 64.5 Å². The van der Waals surface area contributed by atoms with E-state index in [9.17, 15) is 26.8 Å². The van der Waals surface area contributed by atoms with Gasteiger partial charge in [-0.25, -0.2) is 26.9 Å². The van der Waals surface area contributed by atoms with Crippen LogP contribution in [0.1, 0.15) is 52.4 Å². The van der Waals surface area contributed by atoms with E-state index in [0.717, 1.165) is 18.4 Å². The molecule has 10 nitrogen and oxygen atoms in total. The predicted molar refractivity (Wildman–Crippen MR) is 184 cm³/mol. The van der Waals surface area contributed by atoms with Crippen molar-refractivity contribution < 1.29 is 26.7 Å². The van der Waals surface area contributed by atoms with Crippen LogP contribution in [-0.4, -0.2) is 71.7 Å². The van der Waals surface area contributed by atoms with Gasteiger partial charge in [-0.2, -0.15) is 0 Å². The van der Waals surface area contributed by atoms with Crippen LogP contribution in [0.3, 0.4) is 0 Å². The summed E-state index contributed by atoms with van der Waals surface area (Å²) in [4.78, 5) is 38.2. The van der Waals surface area contributed by atoms with E-state index >= 15 is 0 Å². The number of nitrogens with zero attached hydrogens (tertiary/aromatic N) is 4. The summed E-state index contributed by atoms with van der Waals surface area (Å²) in [6, 6.07) is 7.20. The maximum atomic E-state index is 13.9. The summed E-state index contributed by atoms with van der Waals surface area (Å²) in [6.45, 7) is 5.32. The van der Waals surface area contributed by atoms with Gasteiger partial charge in [0.1, 0.15) is 18.2 Å². The van der Waals surface area contributed by atoms with Crippen molar-refractivity contribution in [1.82, 2.24) is 24.2 Å². The number of halogens is 3. The molecule has 1 aliphatic heterocycles. The maximum absolute atomic E-state index is 13.9. The first-order chi connectivity index (χ1) is 23.2. The lowest BCUT2D eigenvalue weighted by Gasteiger charge is -2.33. The minimum absolute atomic E-state index is 0.0208. The Morgan fingerprint density at radius 1 is 1.14 bits per heavy atom. The molecule has 7 rings (SSSR count). The number of aromatic nitrogens is 3. The van der Waals surface area contributed by atoms with Crippen LogP contribution in [0.25, 0.3) is 21.3 Å². The zero-order valence-corrected chi connectivity index (χ0v) is 29.7. The minimum Gasteiger partial charge on any atom is -0.491 e. The fourth-order valence-corrected chi connectivity index (χ4v) is 9.41. The summed E-state index contributed by atoms with van der Waals surface area (Å²) >= 11 is 7.69. The number of ether oxygens (including phenoxy) is 1. The summed E-state index contributed by atoms with van der Waals surface area (Å²) in [7, 11) is -3.77. The van der Waals surface area contributed by atoms with E-state index in [0.29, 0.717) is 75.1 Å². The molecule has 1 aromatic carbocycles. The average Bonchev–Trinajstić information content (AvgIpc) is 3.69. The lowest BCUT2D eigenvalue weighted by atomic mass is 9.91. The first-order valence-corrected chi connectivity index (χ1v) is 19.4. The Labute approximate surface area is 291 Å². The molecule has 4 heterocycles. The van der Waals surface area contributed by atoms with Crippen molar-refractivity contribution in [1.29, 1.82) is 0 Å². The topological polar surface area (TPSA) is 123 Å². The summed E-state index contributed by atoms with van der Waals surface area (Å²) in [5, 5.41) is 2.04. The third-order valence-electron chi connectivity index (χ3n) is 9.91. The Balaban J connectivity index is 1.10. The van der Waals surface area contributed by atoms with Crippen molar-refractivity contribution in [3.05, 3.63) is 73.4 Å². The molecule has 1 saturated heterocycles. The van der Waals surface area contributed by atoms with Crippen molar-refractivity contribution in [2.24, 2.45) is 11.8 Å². The predicted octanol–water partition coefficient (Wildman–Crippen LogP) is 5.39. The van der Waals surface area contributed by atoms with Crippen LogP contribution in [-0.2, 0) is 29.4 Å². The van der Waals surface area contributed by atoms with Gasteiger partial charge in [0.2, 0.25) is 15.9 Å². The van der Waals surface area contributed by atoms with E-state index in [4.69, 9.17) is 21.3 Å². The zero-order valence-electron chi connectivity index (χ0n) is 27.3. The second-order valence-electron chi connectivity index (χ2n) is 13.5. The van der Waals surface area contributed by atoms with E-state index in [-0.39, 0.29) is 55.0 Å². The third-order valence-corrected chi connectivity index (χ3v) is 11.7. The molecule has 260 valence electrons. The highest BCUT2D eigenvalue weighted by Gasteiger charge is 2.51. The summed E-state index contributed by atoms with van der Waals surface area (Å²) in [5.41, 5.74) is 3.91. The lowest BCUT2D eigenvalue weighted by Crippen LogP contribution is -2.42. The number of pyridine rings is 1. The van der Waals surface area contributed by atoms with Gasteiger partial charge >= 0.3 is 0 Å². The highest BCUT2D eigenvalue weighted by atomic mass is 35.5. The number of thiophene rings is 1. The third kappa shape index (κ3) is 6.84. The van der Waals surface area contributed by atoms with Crippen molar-refractivity contribution in [2.75, 3.05) is 26.0 Å². The van der Waals surface area contributed by atoms with Crippen molar-refractivity contribution in [3.63, 3.8) is 0 Å². The smallest absolute Gasteiger partial charge is 0.267 e. The number of fused-ring (bicyclic) bond motifs is 3.